The van der Waals surface area contributed by atoms with Crippen LogP contribution in [-0.2, 0) is 19.9 Å². The number of fused-ring (bicyclic) bond motifs is 7. The van der Waals surface area contributed by atoms with Crippen LogP contribution in [0.25, 0.3) is 0 Å². The van der Waals surface area contributed by atoms with Gasteiger partial charge in [-0.2, -0.15) is 0 Å². The Morgan fingerprint density at radius 2 is 1.88 bits per heavy atom. The molecule has 0 bridgehead atoms. The van der Waals surface area contributed by atoms with Crippen molar-refractivity contribution in [2.45, 2.75) is 38.3 Å². The van der Waals surface area contributed by atoms with Crippen LogP contribution in [0.3, 0.4) is 0 Å². The molecule has 2 aromatic carbocycles. The van der Waals surface area contributed by atoms with Gasteiger partial charge in [0.25, 0.3) is 5.69 Å². The van der Waals surface area contributed by atoms with Gasteiger partial charge in [0.05, 0.1) is 33.7 Å². The number of halogens is 1. The maximum absolute atomic E-state index is 14.0. The summed E-state index contributed by atoms with van der Waals surface area (Å²) in [6.07, 6.45) is 1.50. The van der Waals surface area contributed by atoms with Crippen molar-refractivity contribution in [3.05, 3.63) is 62.2 Å². The number of carbonyl (C=O) groups is 3. The van der Waals surface area contributed by atoms with E-state index < -0.39 is 34.1 Å². The molecule has 3 amide bonds. The lowest BCUT2D eigenvalue weighted by Gasteiger charge is -2.36. The first-order valence-electron chi connectivity index (χ1n) is 11.2. The van der Waals surface area contributed by atoms with Gasteiger partial charge in [-0.25, -0.2) is 4.90 Å². The summed E-state index contributed by atoms with van der Waals surface area (Å²) in [4.78, 5) is 55.6. The molecule has 10 heteroatoms. The van der Waals surface area contributed by atoms with E-state index in [9.17, 15) is 24.5 Å². The van der Waals surface area contributed by atoms with Crippen LogP contribution in [0.4, 0.5) is 17.1 Å². The van der Waals surface area contributed by atoms with E-state index in [1.807, 2.05) is 11.8 Å². The van der Waals surface area contributed by atoms with Gasteiger partial charge in [0, 0.05) is 22.7 Å². The molecule has 0 radical (unpaired) electrons. The molecule has 6 rings (SSSR count). The third-order valence-corrected chi connectivity index (χ3v) is 8.49. The van der Waals surface area contributed by atoms with Crippen LogP contribution in [0, 0.1) is 35.8 Å². The van der Waals surface area contributed by atoms with Crippen molar-refractivity contribution in [3.63, 3.8) is 0 Å². The number of nitrogens with one attached hydrogen (secondary N) is 1. The Kier molecular flexibility index (Phi) is 4.29. The lowest BCUT2D eigenvalue weighted by molar-refractivity contribution is -0.385. The number of hydrogen-bond acceptors (Lipinski definition) is 6. The van der Waals surface area contributed by atoms with E-state index >= 15 is 0 Å². The zero-order valence-corrected chi connectivity index (χ0v) is 19.3. The molecule has 9 nitrogen and oxygen atoms in total. The van der Waals surface area contributed by atoms with Crippen molar-refractivity contribution in [1.82, 2.24) is 4.90 Å². The fraction of sp³-hybridized carbons (Fsp3) is 0.375. The first kappa shape index (κ1) is 21.2. The molecule has 0 aliphatic carbocycles. The summed E-state index contributed by atoms with van der Waals surface area (Å²) in [5.74, 6) is -2.86. The average Bonchev–Trinajstić information content (AvgIpc) is 3.50. The topological polar surface area (TPSA) is 113 Å². The Balaban J connectivity index is 1.56. The van der Waals surface area contributed by atoms with Gasteiger partial charge in [-0.15, -0.1) is 0 Å². The molecule has 4 atom stereocenters. The van der Waals surface area contributed by atoms with Crippen molar-refractivity contribution in [3.8, 4) is 0 Å². The van der Waals surface area contributed by atoms with Gasteiger partial charge in [-0.3, -0.25) is 29.4 Å². The smallest absolute Gasteiger partial charge is 0.274 e. The fourth-order valence-corrected chi connectivity index (χ4v) is 6.84. The molecule has 0 unspecified atom stereocenters. The second-order valence-corrected chi connectivity index (χ2v) is 9.82. The van der Waals surface area contributed by atoms with Gasteiger partial charge < -0.3 is 5.32 Å². The largest absolute Gasteiger partial charge is 0.324 e. The highest BCUT2D eigenvalue weighted by molar-refractivity contribution is 6.32. The number of benzene rings is 2. The van der Waals surface area contributed by atoms with E-state index in [1.165, 1.54) is 19.1 Å². The Bertz CT molecular complexity index is 1340. The molecule has 1 N–H and O–H groups in total. The van der Waals surface area contributed by atoms with E-state index in [1.54, 1.807) is 18.2 Å². The molecule has 4 aliphatic heterocycles. The van der Waals surface area contributed by atoms with Crippen LogP contribution in [0.15, 0.2) is 30.3 Å². The van der Waals surface area contributed by atoms with Crippen molar-refractivity contribution in [2.24, 2.45) is 11.8 Å². The lowest BCUT2D eigenvalue weighted by atomic mass is 9.75. The summed E-state index contributed by atoms with van der Waals surface area (Å²) >= 11 is 6.32. The predicted molar refractivity (Wildman–Crippen MR) is 124 cm³/mol. The molecule has 34 heavy (non-hydrogen) atoms. The number of nitro groups is 1. The minimum absolute atomic E-state index is 0.165. The molecule has 4 heterocycles. The summed E-state index contributed by atoms with van der Waals surface area (Å²) in [7, 11) is 0. The number of imide groups is 1. The van der Waals surface area contributed by atoms with Gasteiger partial charge in [-0.1, -0.05) is 23.7 Å². The van der Waals surface area contributed by atoms with Crippen molar-refractivity contribution in [2.75, 3.05) is 16.8 Å². The zero-order chi connectivity index (χ0) is 24.1. The summed E-state index contributed by atoms with van der Waals surface area (Å²) in [5, 5.41) is 14.9. The zero-order valence-electron chi connectivity index (χ0n) is 18.5. The predicted octanol–water partition coefficient (Wildman–Crippen LogP) is 3.30. The van der Waals surface area contributed by atoms with E-state index in [0.717, 1.165) is 11.3 Å². The second kappa shape index (κ2) is 6.86. The number of rotatable bonds is 2. The lowest BCUT2D eigenvalue weighted by Crippen LogP contribution is -2.54. The van der Waals surface area contributed by atoms with E-state index in [-0.39, 0.29) is 28.9 Å². The van der Waals surface area contributed by atoms with Gasteiger partial charge in [0.2, 0.25) is 17.7 Å². The Hall–Kier alpha value is -3.30. The SMILES string of the molecule is Cc1c(N2C(=O)[C@H]3[C@@H](C2=O)[C@@]2(C(=O)Nc4c2ccc(Cl)c4C)N2CCC[C@@H]32)cccc1[N+](=O)[O-]. The van der Waals surface area contributed by atoms with E-state index in [0.29, 0.717) is 34.8 Å². The molecule has 3 saturated heterocycles. The van der Waals surface area contributed by atoms with Gasteiger partial charge in [-0.05, 0) is 50.9 Å². The monoisotopic (exact) mass is 480 g/mol. The summed E-state index contributed by atoms with van der Waals surface area (Å²) in [5.41, 5.74) is 0.932. The van der Waals surface area contributed by atoms with Crippen LogP contribution in [-0.4, -0.2) is 40.1 Å². The number of hydrogen-bond donors (Lipinski definition) is 1. The maximum Gasteiger partial charge on any atom is 0.274 e. The maximum atomic E-state index is 14.0. The molecule has 3 fully saturated rings. The molecule has 0 aromatic heterocycles. The van der Waals surface area contributed by atoms with Gasteiger partial charge >= 0.3 is 0 Å². The van der Waals surface area contributed by atoms with Crippen LogP contribution < -0.4 is 10.2 Å². The van der Waals surface area contributed by atoms with Crippen molar-refractivity contribution >= 4 is 46.4 Å². The highest BCUT2D eigenvalue weighted by Gasteiger charge is 2.74. The van der Waals surface area contributed by atoms with Crippen LogP contribution in [0.5, 0.6) is 0 Å². The molecule has 174 valence electrons. The molecule has 0 saturated carbocycles. The summed E-state index contributed by atoms with van der Waals surface area (Å²) in [6, 6.07) is 7.59. The van der Waals surface area contributed by atoms with Gasteiger partial charge in [0.1, 0.15) is 5.54 Å². The second-order valence-electron chi connectivity index (χ2n) is 9.41. The van der Waals surface area contributed by atoms with Crippen LogP contribution in [0.2, 0.25) is 5.02 Å². The summed E-state index contributed by atoms with van der Waals surface area (Å²) in [6.45, 7) is 3.94. The molecule has 2 aromatic rings. The summed E-state index contributed by atoms with van der Waals surface area (Å²) < 4.78 is 0. The number of amides is 3. The van der Waals surface area contributed by atoms with Crippen LogP contribution in [0.1, 0.15) is 29.5 Å². The minimum Gasteiger partial charge on any atom is -0.324 e. The average molecular weight is 481 g/mol. The van der Waals surface area contributed by atoms with E-state index in [4.69, 9.17) is 11.6 Å². The van der Waals surface area contributed by atoms with Gasteiger partial charge in [0.15, 0.2) is 0 Å². The highest BCUT2D eigenvalue weighted by Crippen LogP contribution is 2.61. The molecule has 4 aliphatic rings. The first-order chi connectivity index (χ1) is 16.2. The Morgan fingerprint density at radius 3 is 2.62 bits per heavy atom. The number of nitro benzene ring substituents is 1. The minimum atomic E-state index is -1.31. The molecular weight excluding hydrogens is 460 g/mol. The standard InChI is InChI=1S/C24H21ClN4O5/c1-11-14(25)9-8-13-20(11)26-23(32)24(13)19-18(17-7-4-10-27(17)24)21(30)28(22(19)31)15-5-3-6-16(12(15)2)29(33)34/h3,5-6,8-9,17-19H,4,7,10H2,1-2H3,(H,26,32)/t17-,18+,19-,24-/m0/s1. The molecular formula is C24H21ClN4O5. The number of carbonyl (C=O) groups excluding carboxylic acids is 3. The highest BCUT2D eigenvalue weighted by atomic mass is 35.5. The number of anilines is 2. The normalized spacial score (nSPS) is 29.6. The Morgan fingerprint density at radius 1 is 1.12 bits per heavy atom. The van der Waals surface area contributed by atoms with Crippen molar-refractivity contribution in [1.29, 1.82) is 0 Å². The quantitative estimate of drug-likeness (QED) is 0.401. The molecule has 1 spiro atoms. The Labute approximate surface area is 199 Å². The number of nitrogens with zero attached hydrogens (tertiary/aromatic N) is 3. The van der Waals surface area contributed by atoms with Crippen molar-refractivity contribution < 1.29 is 19.3 Å². The van der Waals surface area contributed by atoms with E-state index in [2.05, 4.69) is 5.32 Å². The fourth-order valence-electron chi connectivity index (χ4n) is 6.68. The van der Waals surface area contributed by atoms with Crippen LogP contribution >= 0.6 is 11.6 Å². The third kappa shape index (κ3) is 2.31. The third-order valence-electron chi connectivity index (χ3n) is 8.08. The first-order valence-corrected chi connectivity index (χ1v) is 11.6.